The first-order valence-corrected chi connectivity index (χ1v) is 15.1. The molecule has 1 atom stereocenters. The number of fused-ring (bicyclic) bond motifs is 1. The second-order valence-electron chi connectivity index (χ2n) is 9.19. The molecule has 0 aliphatic carbocycles. The number of hydrogen-bond acceptors (Lipinski definition) is 6. The van der Waals surface area contributed by atoms with E-state index in [0.717, 1.165) is 24.7 Å². The molecule has 2 aromatic rings. The molecule has 1 N–H and O–H groups in total. The van der Waals surface area contributed by atoms with Gasteiger partial charge in [-0.2, -0.15) is 0 Å². The molecule has 0 radical (unpaired) electrons. The molecular formula is C27H36ClN3O6S. The van der Waals surface area contributed by atoms with Gasteiger partial charge < -0.3 is 19.7 Å². The van der Waals surface area contributed by atoms with Crippen molar-refractivity contribution in [1.82, 2.24) is 10.2 Å². The van der Waals surface area contributed by atoms with Gasteiger partial charge in [-0.05, 0) is 49.1 Å². The summed E-state index contributed by atoms with van der Waals surface area (Å²) in [5.74, 6) is 0.609. The zero-order valence-corrected chi connectivity index (χ0v) is 23.7. The number of hydrogen-bond donors (Lipinski definition) is 1. The molecule has 0 unspecified atom stereocenters. The van der Waals surface area contributed by atoms with E-state index >= 15 is 0 Å². The third kappa shape index (κ3) is 8.01. The summed E-state index contributed by atoms with van der Waals surface area (Å²) in [4.78, 5) is 28.1. The van der Waals surface area contributed by atoms with Gasteiger partial charge in [-0.15, -0.1) is 0 Å². The van der Waals surface area contributed by atoms with Crippen LogP contribution in [0.4, 0.5) is 5.69 Å². The molecule has 0 spiro atoms. The molecule has 1 aliphatic heterocycles. The van der Waals surface area contributed by atoms with Crippen molar-refractivity contribution in [1.29, 1.82) is 0 Å². The Kier molecular flexibility index (Phi) is 10.7. The lowest BCUT2D eigenvalue weighted by atomic mass is 10.1. The maximum Gasteiger partial charge on any atom is 0.242 e. The first kappa shape index (κ1) is 29.6. The van der Waals surface area contributed by atoms with Crippen molar-refractivity contribution in [3.63, 3.8) is 0 Å². The van der Waals surface area contributed by atoms with Crippen LogP contribution < -0.4 is 19.1 Å². The van der Waals surface area contributed by atoms with Crippen LogP contribution in [0.15, 0.2) is 42.5 Å². The number of benzene rings is 2. The smallest absolute Gasteiger partial charge is 0.242 e. The minimum Gasteiger partial charge on any atom is -0.454 e. The lowest BCUT2D eigenvalue weighted by molar-refractivity contribution is -0.141. The van der Waals surface area contributed by atoms with Gasteiger partial charge in [0.1, 0.15) is 6.04 Å². The Morgan fingerprint density at radius 2 is 1.76 bits per heavy atom. The number of nitrogens with one attached hydrogen (secondary N) is 1. The number of ether oxygens (including phenoxy) is 2. The molecular weight excluding hydrogens is 530 g/mol. The van der Waals surface area contributed by atoms with Crippen molar-refractivity contribution in [2.75, 3.05) is 30.4 Å². The second kappa shape index (κ2) is 13.7. The Morgan fingerprint density at radius 3 is 2.42 bits per heavy atom. The number of carbonyl (C=O) groups excluding carboxylic acids is 2. The Labute approximate surface area is 230 Å². The highest BCUT2D eigenvalue weighted by atomic mass is 35.5. The molecule has 1 aliphatic rings. The molecule has 0 fully saturated rings. The molecule has 208 valence electrons. The molecule has 2 amide bonds. The zero-order valence-electron chi connectivity index (χ0n) is 22.1. The topological polar surface area (TPSA) is 105 Å². The van der Waals surface area contributed by atoms with Gasteiger partial charge >= 0.3 is 0 Å². The largest absolute Gasteiger partial charge is 0.454 e. The fourth-order valence-corrected chi connectivity index (χ4v) is 5.34. The van der Waals surface area contributed by atoms with Crippen LogP contribution in [0, 0.1) is 0 Å². The molecule has 1 heterocycles. The van der Waals surface area contributed by atoms with Crippen LogP contribution in [-0.2, 0) is 26.2 Å². The predicted molar refractivity (Wildman–Crippen MR) is 148 cm³/mol. The lowest BCUT2D eigenvalue weighted by Gasteiger charge is -2.31. The summed E-state index contributed by atoms with van der Waals surface area (Å²) in [6.45, 7) is 4.89. The van der Waals surface area contributed by atoms with E-state index in [1.165, 1.54) is 4.31 Å². The van der Waals surface area contributed by atoms with Crippen molar-refractivity contribution >= 4 is 39.1 Å². The fourth-order valence-electron chi connectivity index (χ4n) is 4.26. The van der Waals surface area contributed by atoms with Crippen LogP contribution in [0.3, 0.4) is 0 Å². The maximum atomic E-state index is 13.5. The molecule has 0 bridgehead atoms. The average Bonchev–Trinajstić information content (AvgIpc) is 3.35. The van der Waals surface area contributed by atoms with Crippen molar-refractivity contribution < 1.29 is 27.5 Å². The van der Waals surface area contributed by atoms with Gasteiger partial charge in [0.05, 0.1) is 11.9 Å². The third-order valence-corrected chi connectivity index (χ3v) is 7.72. The Bertz CT molecular complexity index is 1210. The summed E-state index contributed by atoms with van der Waals surface area (Å²) in [7, 11) is -3.62. The van der Waals surface area contributed by atoms with Crippen LogP contribution in [0.1, 0.15) is 51.5 Å². The van der Waals surface area contributed by atoms with Gasteiger partial charge in [-0.1, -0.05) is 44.0 Å². The summed E-state index contributed by atoms with van der Waals surface area (Å²) in [6, 6.07) is 11.4. The quantitative estimate of drug-likeness (QED) is 0.342. The Morgan fingerprint density at radius 1 is 1.05 bits per heavy atom. The Balaban J connectivity index is 1.74. The molecule has 2 aromatic carbocycles. The summed E-state index contributed by atoms with van der Waals surface area (Å²) in [5, 5.41) is 3.52. The van der Waals surface area contributed by atoms with Crippen molar-refractivity contribution in [3.05, 3.63) is 53.1 Å². The SMILES string of the molecule is CCCCNC(=O)[C@@H](CC)N(Cc1ccc(Cl)cc1)C(=O)CCCN(c1ccc2c(c1)OCO2)S(C)(=O)=O. The second-order valence-corrected chi connectivity index (χ2v) is 11.5. The number of halogens is 1. The number of anilines is 1. The minimum absolute atomic E-state index is 0.0723. The zero-order chi connectivity index (χ0) is 27.7. The number of unbranched alkanes of at least 4 members (excludes halogenated alkanes) is 1. The predicted octanol–water partition coefficient (Wildman–Crippen LogP) is 4.34. The summed E-state index contributed by atoms with van der Waals surface area (Å²) < 4.78 is 37.1. The maximum absolute atomic E-state index is 13.5. The van der Waals surface area contributed by atoms with E-state index in [2.05, 4.69) is 5.32 Å². The molecule has 9 nitrogen and oxygen atoms in total. The highest BCUT2D eigenvalue weighted by Crippen LogP contribution is 2.36. The van der Waals surface area contributed by atoms with Gasteiger partial charge in [0.25, 0.3) is 0 Å². The van der Waals surface area contributed by atoms with Crippen molar-refractivity contribution in [2.45, 2.75) is 58.5 Å². The molecule has 3 rings (SSSR count). The van der Waals surface area contributed by atoms with E-state index in [-0.39, 0.29) is 44.5 Å². The fraction of sp³-hybridized carbons (Fsp3) is 0.481. The first-order chi connectivity index (χ1) is 18.1. The van der Waals surface area contributed by atoms with Crippen molar-refractivity contribution in [2.24, 2.45) is 0 Å². The summed E-state index contributed by atoms with van der Waals surface area (Å²) >= 11 is 6.03. The number of carbonyl (C=O) groups is 2. The van der Waals surface area contributed by atoms with E-state index in [4.69, 9.17) is 21.1 Å². The normalized spacial score (nSPS) is 13.2. The van der Waals surface area contributed by atoms with E-state index in [1.807, 2.05) is 26.0 Å². The van der Waals surface area contributed by atoms with Gasteiger partial charge in [-0.3, -0.25) is 13.9 Å². The average molecular weight is 566 g/mol. The molecule has 0 saturated carbocycles. The van der Waals surface area contributed by atoms with Gasteiger partial charge in [0.2, 0.25) is 28.6 Å². The molecule has 0 aromatic heterocycles. The highest BCUT2D eigenvalue weighted by molar-refractivity contribution is 7.92. The Hall–Kier alpha value is -2.98. The van der Waals surface area contributed by atoms with Crippen LogP contribution in [0.5, 0.6) is 11.5 Å². The van der Waals surface area contributed by atoms with Crippen LogP contribution in [0.2, 0.25) is 5.02 Å². The first-order valence-electron chi connectivity index (χ1n) is 12.8. The molecule has 11 heteroatoms. The van der Waals surface area contributed by atoms with E-state index in [1.54, 1.807) is 35.2 Å². The third-order valence-electron chi connectivity index (χ3n) is 6.28. The lowest BCUT2D eigenvalue weighted by Crippen LogP contribution is -2.49. The number of nitrogens with zero attached hydrogens (tertiary/aromatic N) is 2. The van der Waals surface area contributed by atoms with Gasteiger partial charge in [-0.25, -0.2) is 8.42 Å². The summed E-state index contributed by atoms with van der Waals surface area (Å²) in [5.41, 5.74) is 1.28. The monoisotopic (exact) mass is 565 g/mol. The van der Waals surface area contributed by atoms with E-state index in [0.29, 0.717) is 35.2 Å². The van der Waals surface area contributed by atoms with Gasteiger partial charge in [0.15, 0.2) is 11.5 Å². The highest BCUT2D eigenvalue weighted by Gasteiger charge is 2.29. The van der Waals surface area contributed by atoms with Gasteiger partial charge in [0, 0.05) is 37.1 Å². The van der Waals surface area contributed by atoms with Crippen molar-refractivity contribution in [3.8, 4) is 11.5 Å². The number of rotatable bonds is 14. The van der Waals surface area contributed by atoms with Crippen LogP contribution in [0.25, 0.3) is 0 Å². The van der Waals surface area contributed by atoms with E-state index < -0.39 is 16.1 Å². The minimum atomic E-state index is -3.62. The summed E-state index contributed by atoms with van der Waals surface area (Å²) in [6.07, 6.45) is 3.72. The number of sulfonamides is 1. The molecule has 38 heavy (non-hydrogen) atoms. The standard InChI is InChI=1S/C27H36ClN3O6S/c1-4-6-15-29-27(33)23(5-2)30(18-20-9-11-21(28)12-10-20)26(32)8-7-16-31(38(3,34)35)22-13-14-24-25(17-22)37-19-36-24/h9-14,17,23H,4-8,15-16,18-19H2,1-3H3,(H,29,33)/t23-/m1/s1. The van der Waals surface area contributed by atoms with Crippen LogP contribution in [-0.4, -0.2) is 57.3 Å². The molecule has 0 saturated heterocycles. The van der Waals surface area contributed by atoms with E-state index in [9.17, 15) is 18.0 Å². The number of amides is 2. The van der Waals surface area contributed by atoms with Crippen LogP contribution >= 0.6 is 11.6 Å².